The molecular formula is C9H18O2S. The summed E-state index contributed by atoms with van der Waals surface area (Å²) < 4.78 is 4.70. The molecule has 0 aromatic heterocycles. The molecule has 12 heavy (non-hydrogen) atoms. The maximum absolute atomic E-state index is 11.2. The number of hydrogen-bond acceptors (Lipinski definition) is 3. The van der Waals surface area contributed by atoms with Crippen LogP contribution in [0.5, 0.6) is 0 Å². The van der Waals surface area contributed by atoms with Crippen molar-refractivity contribution in [1.29, 1.82) is 0 Å². The molecular weight excluding hydrogens is 172 g/mol. The van der Waals surface area contributed by atoms with E-state index in [2.05, 4.69) is 6.92 Å². The van der Waals surface area contributed by atoms with E-state index in [-0.39, 0.29) is 11.4 Å². The van der Waals surface area contributed by atoms with Gasteiger partial charge in [0.15, 0.2) is 0 Å². The summed E-state index contributed by atoms with van der Waals surface area (Å²) in [5.41, 5.74) is -0.322. The number of ether oxygens (including phenoxy) is 1. The van der Waals surface area contributed by atoms with Gasteiger partial charge in [-0.2, -0.15) is 11.8 Å². The first-order chi connectivity index (χ1) is 5.54. The Hall–Kier alpha value is -0.180. The van der Waals surface area contributed by atoms with Crippen LogP contribution in [0.15, 0.2) is 0 Å². The predicted octanol–water partition coefficient (Wildman–Crippen LogP) is 2.33. The van der Waals surface area contributed by atoms with E-state index < -0.39 is 0 Å². The van der Waals surface area contributed by atoms with Crippen LogP contribution in [0.25, 0.3) is 0 Å². The average Bonchev–Trinajstić information content (AvgIpc) is 2.03. The summed E-state index contributed by atoms with van der Waals surface area (Å²) in [5.74, 6) is 2.02. The van der Waals surface area contributed by atoms with Crippen molar-refractivity contribution in [2.24, 2.45) is 5.41 Å². The second kappa shape index (κ2) is 5.46. The van der Waals surface area contributed by atoms with Crippen molar-refractivity contribution in [3.05, 3.63) is 0 Å². The summed E-state index contributed by atoms with van der Waals surface area (Å²) in [5, 5.41) is 0. The SMILES string of the molecule is CCSCCC(C)(C)C(=O)OC. The lowest BCUT2D eigenvalue weighted by Gasteiger charge is -2.20. The van der Waals surface area contributed by atoms with E-state index in [4.69, 9.17) is 4.74 Å². The Labute approximate surface area is 79.1 Å². The van der Waals surface area contributed by atoms with Crippen LogP contribution in [0.3, 0.4) is 0 Å². The molecule has 0 amide bonds. The molecule has 0 spiro atoms. The first kappa shape index (κ1) is 11.8. The smallest absolute Gasteiger partial charge is 0.311 e. The van der Waals surface area contributed by atoms with Crippen LogP contribution in [0.1, 0.15) is 27.2 Å². The summed E-state index contributed by atoms with van der Waals surface area (Å²) in [6, 6.07) is 0. The molecule has 0 aromatic carbocycles. The van der Waals surface area contributed by atoms with Gasteiger partial charge in [0.1, 0.15) is 0 Å². The summed E-state index contributed by atoms with van der Waals surface area (Å²) in [6.07, 6.45) is 0.887. The van der Waals surface area contributed by atoms with Crippen LogP contribution in [0, 0.1) is 5.41 Å². The zero-order valence-corrected chi connectivity index (χ0v) is 9.16. The number of thioether (sulfide) groups is 1. The quantitative estimate of drug-likeness (QED) is 0.491. The summed E-state index contributed by atoms with van der Waals surface area (Å²) in [7, 11) is 1.44. The van der Waals surface area contributed by atoms with E-state index in [1.807, 2.05) is 25.6 Å². The maximum atomic E-state index is 11.2. The molecule has 0 aromatic rings. The lowest BCUT2D eigenvalue weighted by molar-refractivity contribution is -0.150. The highest BCUT2D eigenvalue weighted by Crippen LogP contribution is 2.24. The fourth-order valence-corrected chi connectivity index (χ4v) is 1.79. The van der Waals surface area contributed by atoms with Gasteiger partial charge in [-0.1, -0.05) is 6.92 Å². The molecule has 0 atom stereocenters. The minimum Gasteiger partial charge on any atom is -0.469 e. The Balaban J connectivity index is 3.78. The number of hydrogen-bond donors (Lipinski definition) is 0. The molecule has 3 heteroatoms. The van der Waals surface area contributed by atoms with Crippen LogP contribution in [0.4, 0.5) is 0 Å². The lowest BCUT2D eigenvalue weighted by atomic mass is 9.91. The van der Waals surface area contributed by atoms with Crippen molar-refractivity contribution in [3.63, 3.8) is 0 Å². The number of esters is 1. The predicted molar refractivity (Wildman–Crippen MR) is 53.4 cm³/mol. The molecule has 0 rings (SSSR count). The van der Waals surface area contributed by atoms with Crippen LogP contribution in [-0.4, -0.2) is 24.6 Å². The van der Waals surface area contributed by atoms with Gasteiger partial charge in [0.25, 0.3) is 0 Å². The second-order valence-corrected chi connectivity index (χ2v) is 4.72. The molecule has 0 unspecified atom stereocenters. The van der Waals surface area contributed by atoms with Gasteiger partial charge in [0.05, 0.1) is 12.5 Å². The standard InChI is InChI=1S/C9H18O2S/c1-5-12-7-6-9(2,3)8(10)11-4/h5-7H2,1-4H3. The molecule has 0 aliphatic carbocycles. The van der Waals surface area contributed by atoms with Crippen molar-refractivity contribution in [2.75, 3.05) is 18.6 Å². The van der Waals surface area contributed by atoms with Gasteiger partial charge in [-0.25, -0.2) is 0 Å². The third-order valence-corrected chi connectivity index (χ3v) is 2.71. The van der Waals surface area contributed by atoms with E-state index in [1.54, 1.807) is 0 Å². The zero-order chi connectivity index (χ0) is 9.61. The highest BCUT2D eigenvalue weighted by molar-refractivity contribution is 7.99. The van der Waals surface area contributed by atoms with Crippen LogP contribution in [-0.2, 0) is 9.53 Å². The molecule has 0 N–H and O–H groups in total. The molecule has 0 heterocycles. The topological polar surface area (TPSA) is 26.3 Å². The maximum Gasteiger partial charge on any atom is 0.311 e. The second-order valence-electron chi connectivity index (χ2n) is 3.32. The van der Waals surface area contributed by atoms with Gasteiger partial charge in [-0.05, 0) is 31.8 Å². The molecule has 0 aliphatic rings. The van der Waals surface area contributed by atoms with Gasteiger partial charge < -0.3 is 4.74 Å². The highest BCUT2D eigenvalue weighted by Gasteiger charge is 2.27. The Morgan fingerprint density at radius 1 is 1.50 bits per heavy atom. The van der Waals surface area contributed by atoms with E-state index >= 15 is 0 Å². The molecule has 72 valence electrons. The summed E-state index contributed by atoms with van der Waals surface area (Å²) in [4.78, 5) is 11.2. The monoisotopic (exact) mass is 190 g/mol. The van der Waals surface area contributed by atoms with Gasteiger partial charge in [0, 0.05) is 0 Å². The largest absolute Gasteiger partial charge is 0.469 e. The van der Waals surface area contributed by atoms with Crippen LogP contribution >= 0.6 is 11.8 Å². The van der Waals surface area contributed by atoms with Crippen molar-refractivity contribution >= 4 is 17.7 Å². The van der Waals surface area contributed by atoms with Gasteiger partial charge >= 0.3 is 5.97 Å². The minimum absolute atomic E-state index is 0.112. The molecule has 2 nitrogen and oxygen atoms in total. The van der Waals surface area contributed by atoms with Crippen molar-refractivity contribution < 1.29 is 9.53 Å². The Morgan fingerprint density at radius 2 is 2.08 bits per heavy atom. The summed E-state index contributed by atoms with van der Waals surface area (Å²) in [6.45, 7) is 5.97. The van der Waals surface area contributed by atoms with Gasteiger partial charge in [0.2, 0.25) is 0 Å². The Morgan fingerprint density at radius 3 is 2.50 bits per heavy atom. The highest BCUT2D eigenvalue weighted by atomic mass is 32.2. The Kier molecular flexibility index (Phi) is 5.38. The molecule has 0 aliphatic heterocycles. The number of carbonyl (C=O) groups is 1. The molecule has 0 saturated heterocycles. The first-order valence-corrected chi connectivity index (χ1v) is 5.36. The van der Waals surface area contributed by atoms with E-state index in [0.29, 0.717) is 0 Å². The van der Waals surface area contributed by atoms with E-state index in [1.165, 1.54) is 7.11 Å². The normalized spacial score (nSPS) is 11.3. The van der Waals surface area contributed by atoms with Crippen molar-refractivity contribution in [1.82, 2.24) is 0 Å². The number of rotatable bonds is 5. The minimum atomic E-state index is -0.322. The van der Waals surface area contributed by atoms with Crippen LogP contribution < -0.4 is 0 Å². The fourth-order valence-electron chi connectivity index (χ4n) is 0.850. The first-order valence-electron chi connectivity index (χ1n) is 4.20. The third-order valence-electron chi connectivity index (χ3n) is 1.81. The van der Waals surface area contributed by atoms with Crippen molar-refractivity contribution in [3.8, 4) is 0 Å². The number of carbonyl (C=O) groups excluding carboxylic acids is 1. The van der Waals surface area contributed by atoms with E-state index in [9.17, 15) is 4.79 Å². The van der Waals surface area contributed by atoms with Gasteiger partial charge in [-0.3, -0.25) is 4.79 Å². The third kappa shape index (κ3) is 4.00. The molecule has 0 fully saturated rings. The van der Waals surface area contributed by atoms with E-state index in [0.717, 1.165) is 17.9 Å². The Bertz CT molecular complexity index is 143. The summed E-state index contributed by atoms with van der Waals surface area (Å²) >= 11 is 1.86. The fraction of sp³-hybridized carbons (Fsp3) is 0.889. The zero-order valence-electron chi connectivity index (χ0n) is 8.35. The number of methoxy groups -OCH3 is 1. The average molecular weight is 190 g/mol. The van der Waals surface area contributed by atoms with Crippen LogP contribution in [0.2, 0.25) is 0 Å². The van der Waals surface area contributed by atoms with Gasteiger partial charge in [-0.15, -0.1) is 0 Å². The molecule has 0 radical (unpaired) electrons. The molecule has 0 bridgehead atoms. The lowest BCUT2D eigenvalue weighted by Crippen LogP contribution is -2.26. The van der Waals surface area contributed by atoms with Crippen molar-refractivity contribution in [2.45, 2.75) is 27.2 Å². The molecule has 0 saturated carbocycles.